The van der Waals surface area contributed by atoms with E-state index in [1.807, 2.05) is 97.9 Å². The highest BCUT2D eigenvalue weighted by atomic mass is 16.5. The van der Waals surface area contributed by atoms with Crippen molar-refractivity contribution in [3.8, 4) is 11.5 Å². The third-order valence-electron chi connectivity index (χ3n) is 5.55. The van der Waals surface area contributed by atoms with E-state index in [2.05, 4.69) is 0 Å². The van der Waals surface area contributed by atoms with Crippen LogP contribution in [-0.4, -0.2) is 24.8 Å². The monoisotopic (exact) mass is 422 g/mol. The molecule has 2 aliphatic rings. The fourth-order valence-corrected chi connectivity index (χ4v) is 3.90. The first-order valence-electron chi connectivity index (χ1n) is 10.5. The van der Waals surface area contributed by atoms with Gasteiger partial charge < -0.3 is 9.47 Å². The third kappa shape index (κ3) is 3.48. The number of hydrogen-bond donors (Lipinski definition) is 0. The van der Waals surface area contributed by atoms with Gasteiger partial charge in [-0.3, -0.25) is 4.79 Å². The van der Waals surface area contributed by atoms with E-state index in [4.69, 9.17) is 14.6 Å². The van der Waals surface area contributed by atoms with Gasteiger partial charge in [-0.15, -0.1) is 0 Å². The van der Waals surface area contributed by atoms with E-state index in [0.717, 1.165) is 22.4 Å². The molecule has 1 unspecified atom stereocenters. The lowest BCUT2D eigenvalue weighted by molar-refractivity contribution is -0.114. The van der Waals surface area contributed by atoms with Crippen LogP contribution in [-0.2, 0) is 4.79 Å². The van der Waals surface area contributed by atoms with E-state index in [-0.39, 0.29) is 12.0 Å². The lowest BCUT2D eigenvalue weighted by Gasteiger charge is -2.24. The molecule has 0 fully saturated rings. The maximum Gasteiger partial charge on any atom is 0.281 e. The van der Waals surface area contributed by atoms with Gasteiger partial charge in [0.15, 0.2) is 11.5 Å². The summed E-state index contributed by atoms with van der Waals surface area (Å²) in [5.74, 6) is 1.24. The molecule has 0 aromatic heterocycles. The maximum atomic E-state index is 13.5. The summed E-state index contributed by atoms with van der Waals surface area (Å²) in [7, 11) is 1.63. The SMILES string of the molecule is COc1cccc2c1OC(C)C(C=C1C(=O)N(c3ccccc3)N=C1c1ccccc1)=C2. The standard InChI is InChI=1S/C27H22N2O3/c1-18-21(16-20-12-9-15-24(31-2)26(20)32-18)17-23-25(19-10-5-3-6-11-19)28-29(27(23)30)22-13-7-4-8-14-22/h3-18H,1-2H3. The molecule has 2 aliphatic heterocycles. The number of fused-ring (bicyclic) bond motifs is 1. The number of hydrazone groups is 1. The zero-order valence-electron chi connectivity index (χ0n) is 17.9. The van der Waals surface area contributed by atoms with Crippen molar-refractivity contribution in [2.75, 3.05) is 12.1 Å². The molecule has 5 rings (SSSR count). The second-order valence-electron chi connectivity index (χ2n) is 7.61. The summed E-state index contributed by atoms with van der Waals surface area (Å²) in [5.41, 5.74) is 4.60. The predicted molar refractivity (Wildman–Crippen MR) is 126 cm³/mol. The van der Waals surface area contributed by atoms with E-state index >= 15 is 0 Å². The number of rotatable bonds is 4. The molecular weight excluding hydrogens is 400 g/mol. The quantitative estimate of drug-likeness (QED) is 0.541. The molecule has 0 bridgehead atoms. The van der Waals surface area contributed by atoms with E-state index < -0.39 is 0 Å². The first kappa shape index (κ1) is 19.8. The number of carbonyl (C=O) groups is 1. The van der Waals surface area contributed by atoms with E-state index in [1.165, 1.54) is 5.01 Å². The van der Waals surface area contributed by atoms with Crippen LogP contribution < -0.4 is 14.5 Å². The number of benzene rings is 3. The Bertz CT molecular complexity index is 1260. The van der Waals surface area contributed by atoms with Crippen LogP contribution in [0.1, 0.15) is 18.1 Å². The minimum Gasteiger partial charge on any atom is -0.493 e. The zero-order chi connectivity index (χ0) is 22.1. The highest BCUT2D eigenvalue weighted by Gasteiger charge is 2.33. The molecule has 158 valence electrons. The summed E-state index contributed by atoms with van der Waals surface area (Å²) in [6.07, 6.45) is 3.69. The van der Waals surface area contributed by atoms with Crippen molar-refractivity contribution < 1.29 is 14.3 Å². The number of methoxy groups -OCH3 is 1. The smallest absolute Gasteiger partial charge is 0.281 e. The Morgan fingerprint density at radius 1 is 0.969 bits per heavy atom. The average Bonchev–Trinajstić information content (AvgIpc) is 3.16. The van der Waals surface area contributed by atoms with Crippen LogP contribution in [0.4, 0.5) is 5.69 Å². The lowest BCUT2D eigenvalue weighted by atomic mass is 9.96. The van der Waals surface area contributed by atoms with Crippen LogP contribution in [0, 0.1) is 0 Å². The number of nitrogens with zero attached hydrogens (tertiary/aromatic N) is 2. The second-order valence-corrected chi connectivity index (χ2v) is 7.61. The maximum absolute atomic E-state index is 13.5. The van der Waals surface area contributed by atoms with Gasteiger partial charge in [0.2, 0.25) is 0 Å². The average molecular weight is 422 g/mol. The number of amides is 1. The van der Waals surface area contributed by atoms with Gasteiger partial charge in [-0.05, 0) is 42.8 Å². The van der Waals surface area contributed by atoms with Crippen LogP contribution in [0.3, 0.4) is 0 Å². The molecule has 0 aliphatic carbocycles. The Morgan fingerprint density at radius 2 is 1.69 bits per heavy atom. The summed E-state index contributed by atoms with van der Waals surface area (Å²) < 4.78 is 11.6. The number of carbonyl (C=O) groups excluding carboxylic acids is 1. The Hall–Kier alpha value is -4.12. The highest BCUT2D eigenvalue weighted by molar-refractivity contribution is 6.35. The first-order valence-corrected chi connectivity index (χ1v) is 10.5. The predicted octanol–water partition coefficient (Wildman–Crippen LogP) is 5.24. The molecule has 5 nitrogen and oxygen atoms in total. The van der Waals surface area contributed by atoms with Crippen LogP contribution in [0.25, 0.3) is 6.08 Å². The zero-order valence-corrected chi connectivity index (χ0v) is 17.9. The molecule has 2 heterocycles. The van der Waals surface area contributed by atoms with Crippen LogP contribution in [0.15, 0.2) is 101 Å². The van der Waals surface area contributed by atoms with Crippen molar-refractivity contribution in [3.63, 3.8) is 0 Å². The van der Waals surface area contributed by atoms with Crippen molar-refractivity contribution in [1.82, 2.24) is 0 Å². The third-order valence-corrected chi connectivity index (χ3v) is 5.55. The minimum atomic E-state index is -0.248. The van der Waals surface area contributed by atoms with Gasteiger partial charge in [-0.25, -0.2) is 0 Å². The molecule has 1 atom stereocenters. The van der Waals surface area contributed by atoms with Crippen molar-refractivity contribution >= 4 is 23.4 Å². The van der Waals surface area contributed by atoms with Crippen molar-refractivity contribution in [1.29, 1.82) is 0 Å². The topological polar surface area (TPSA) is 51.1 Å². The summed E-state index contributed by atoms with van der Waals surface area (Å²) >= 11 is 0. The van der Waals surface area contributed by atoms with Gasteiger partial charge in [0.1, 0.15) is 11.8 Å². The van der Waals surface area contributed by atoms with Gasteiger partial charge in [-0.1, -0.05) is 60.7 Å². The molecule has 32 heavy (non-hydrogen) atoms. The molecule has 0 N–H and O–H groups in total. The Balaban J connectivity index is 1.61. The van der Waals surface area contributed by atoms with Crippen LogP contribution in [0.5, 0.6) is 11.5 Å². The Labute approximate surface area is 186 Å². The fourth-order valence-electron chi connectivity index (χ4n) is 3.90. The molecule has 1 amide bonds. The molecule has 3 aromatic rings. The summed E-state index contributed by atoms with van der Waals surface area (Å²) in [6.45, 7) is 1.96. The molecular formula is C27H22N2O3. The normalized spacial score (nSPS) is 18.7. The van der Waals surface area contributed by atoms with Crippen LogP contribution in [0.2, 0.25) is 0 Å². The largest absolute Gasteiger partial charge is 0.493 e. The Morgan fingerprint density at radius 3 is 2.41 bits per heavy atom. The number of hydrogen-bond acceptors (Lipinski definition) is 4. The lowest BCUT2D eigenvalue weighted by Crippen LogP contribution is -2.23. The first-order chi connectivity index (χ1) is 15.7. The Kier molecular flexibility index (Phi) is 5.07. The number of anilines is 1. The summed E-state index contributed by atoms with van der Waals surface area (Å²) in [4.78, 5) is 13.5. The van der Waals surface area contributed by atoms with E-state index in [9.17, 15) is 4.79 Å². The summed E-state index contributed by atoms with van der Waals surface area (Å²) in [5, 5.41) is 6.16. The van der Waals surface area contributed by atoms with Gasteiger partial charge in [0.05, 0.1) is 18.4 Å². The second kappa shape index (κ2) is 8.19. The number of para-hydroxylation sites is 2. The molecule has 5 heteroatoms. The van der Waals surface area contributed by atoms with E-state index in [0.29, 0.717) is 22.8 Å². The molecule has 0 saturated carbocycles. The minimum absolute atomic E-state index is 0.167. The van der Waals surface area contributed by atoms with Crippen molar-refractivity contribution in [2.24, 2.45) is 5.10 Å². The van der Waals surface area contributed by atoms with Crippen molar-refractivity contribution in [2.45, 2.75) is 13.0 Å². The fraction of sp³-hybridized carbons (Fsp3) is 0.111. The van der Waals surface area contributed by atoms with Gasteiger partial charge in [0.25, 0.3) is 5.91 Å². The van der Waals surface area contributed by atoms with Gasteiger partial charge in [0, 0.05) is 11.1 Å². The van der Waals surface area contributed by atoms with Gasteiger partial charge in [-0.2, -0.15) is 10.1 Å². The highest BCUT2D eigenvalue weighted by Crippen LogP contribution is 2.38. The molecule has 0 saturated heterocycles. The van der Waals surface area contributed by atoms with Gasteiger partial charge >= 0.3 is 0 Å². The van der Waals surface area contributed by atoms with Crippen LogP contribution >= 0.6 is 0 Å². The molecule has 0 radical (unpaired) electrons. The van der Waals surface area contributed by atoms with Crippen molar-refractivity contribution in [3.05, 3.63) is 107 Å². The number of ether oxygens (including phenoxy) is 2. The molecule has 3 aromatic carbocycles. The molecule has 0 spiro atoms. The van der Waals surface area contributed by atoms with E-state index in [1.54, 1.807) is 7.11 Å². The summed E-state index contributed by atoms with van der Waals surface area (Å²) in [6, 6.07) is 25.0.